The van der Waals surface area contributed by atoms with Gasteiger partial charge in [-0.25, -0.2) is 19.2 Å². The summed E-state index contributed by atoms with van der Waals surface area (Å²) in [6.45, 7) is 1.54. The number of fused-ring (bicyclic) bond motifs is 1. The van der Waals surface area contributed by atoms with Crippen molar-refractivity contribution in [3.63, 3.8) is 0 Å². The van der Waals surface area contributed by atoms with E-state index in [1.165, 1.54) is 6.07 Å². The van der Waals surface area contributed by atoms with Crippen molar-refractivity contribution in [2.24, 2.45) is 0 Å². The summed E-state index contributed by atoms with van der Waals surface area (Å²) in [5.74, 6) is -5.30. The first kappa shape index (κ1) is 24.2. The lowest BCUT2D eigenvalue weighted by Crippen LogP contribution is -2.15. The lowest BCUT2D eigenvalue weighted by atomic mass is 9.83. The van der Waals surface area contributed by atoms with Gasteiger partial charge in [0.05, 0.1) is 28.9 Å². The van der Waals surface area contributed by atoms with E-state index in [9.17, 15) is 34.5 Å². The highest BCUT2D eigenvalue weighted by atomic mass is 16.5. The number of aromatic carboxylic acids is 3. The van der Waals surface area contributed by atoms with E-state index in [-0.39, 0.29) is 34.1 Å². The summed E-state index contributed by atoms with van der Waals surface area (Å²) in [7, 11) is 0. The fourth-order valence-electron chi connectivity index (χ4n) is 4.30. The van der Waals surface area contributed by atoms with Gasteiger partial charge in [0.15, 0.2) is 0 Å². The molecule has 4 rings (SSSR count). The minimum Gasteiger partial charge on any atom is -0.478 e. The van der Waals surface area contributed by atoms with Gasteiger partial charge in [-0.05, 0) is 41.3 Å². The maximum Gasteiger partial charge on any atom is 0.339 e. The molecule has 0 saturated heterocycles. The maximum absolute atomic E-state index is 13.2. The largest absolute Gasteiger partial charge is 0.478 e. The SMILES string of the molecule is CCOC(=O)c1c(-c2ccccc2)cc(C(=O)O)c2c(C(=O)O)c(-c3ccccc3)cc(C(=O)O)c12. The quantitative estimate of drug-likeness (QED) is 0.295. The number of ether oxygens (including phenoxy) is 1. The van der Waals surface area contributed by atoms with Crippen molar-refractivity contribution in [3.8, 4) is 22.3 Å². The first-order chi connectivity index (χ1) is 17.3. The van der Waals surface area contributed by atoms with Gasteiger partial charge in [0.25, 0.3) is 0 Å². The first-order valence-electron chi connectivity index (χ1n) is 10.9. The summed E-state index contributed by atoms with van der Waals surface area (Å²) in [6, 6.07) is 18.9. The predicted molar refractivity (Wildman–Crippen MR) is 132 cm³/mol. The van der Waals surface area contributed by atoms with E-state index in [0.717, 1.165) is 6.07 Å². The lowest BCUT2D eigenvalue weighted by molar-refractivity contribution is 0.0527. The van der Waals surface area contributed by atoms with Gasteiger partial charge in [-0.3, -0.25) is 0 Å². The van der Waals surface area contributed by atoms with Crippen LogP contribution in [0.25, 0.3) is 33.0 Å². The van der Waals surface area contributed by atoms with E-state index in [1.807, 2.05) is 0 Å². The van der Waals surface area contributed by atoms with E-state index in [2.05, 4.69) is 0 Å². The number of esters is 1. The van der Waals surface area contributed by atoms with Crippen LogP contribution in [0.3, 0.4) is 0 Å². The second-order valence-electron chi connectivity index (χ2n) is 7.81. The van der Waals surface area contributed by atoms with Crippen molar-refractivity contribution in [1.82, 2.24) is 0 Å². The summed E-state index contributed by atoms with van der Waals surface area (Å²) in [5.41, 5.74) is -0.577. The standard InChI is InChI=1S/C28H20O8/c1-2-36-28(35)24-18(16-11-7-4-8-12-16)14-19(25(29)30)21-22(24)20(26(31)32)13-17(23(21)27(33)34)15-9-5-3-6-10-15/h3-14H,2H2,1H3,(H,29,30)(H,31,32)(H,33,34). The van der Waals surface area contributed by atoms with Crippen molar-refractivity contribution in [3.05, 3.63) is 95.1 Å². The molecule has 0 saturated carbocycles. The summed E-state index contributed by atoms with van der Waals surface area (Å²) >= 11 is 0. The lowest BCUT2D eigenvalue weighted by Gasteiger charge is -2.20. The van der Waals surface area contributed by atoms with Crippen LogP contribution in [0.1, 0.15) is 48.4 Å². The Labute approximate surface area is 205 Å². The number of hydrogen-bond acceptors (Lipinski definition) is 5. The number of carboxylic acid groups (broad SMARTS) is 3. The van der Waals surface area contributed by atoms with Gasteiger partial charge >= 0.3 is 23.9 Å². The Bertz CT molecular complexity index is 1520. The first-order valence-corrected chi connectivity index (χ1v) is 10.9. The fourth-order valence-corrected chi connectivity index (χ4v) is 4.30. The van der Waals surface area contributed by atoms with Crippen molar-refractivity contribution in [2.75, 3.05) is 6.61 Å². The molecule has 0 aliphatic carbocycles. The monoisotopic (exact) mass is 484 g/mol. The second-order valence-corrected chi connectivity index (χ2v) is 7.81. The molecular weight excluding hydrogens is 464 g/mol. The van der Waals surface area contributed by atoms with Gasteiger partial charge in [0.1, 0.15) is 0 Å². The predicted octanol–water partition coefficient (Wildman–Crippen LogP) is 5.45. The van der Waals surface area contributed by atoms with Crippen molar-refractivity contribution in [1.29, 1.82) is 0 Å². The van der Waals surface area contributed by atoms with Gasteiger partial charge in [0.2, 0.25) is 0 Å². The summed E-state index contributed by atoms with van der Waals surface area (Å²) in [6.07, 6.45) is 0. The van der Waals surface area contributed by atoms with E-state index >= 15 is 0 Å². The zero-order valence-corrected chi connectivity index (χ0v) is 19.0. The van der Waals surface area contributed by atoms with Crippen LogP contribution in [0.4, 0.5) is 0 Å². The average molecular weight is 484 g/mol. The number of hydrogen-bond donors (Lipinski definition) is 3. The molecule has 0 unspecified atom stereocenters. The Morgan fingerprint density at radius 2 is 1.06 bits per heavy atom. The summed E-state index contributed by atoms with van der Waals surface area (Å²) in [4.78, 5) is 50.8. The third-order valence-electron chi connectivity index (χ3n) is 5.73. The van der Waals surface area contributed by atoms with Gasteiger partial charge in [-0.1, -0.05) is 60.7 Å². The number of carboxylic acids is 3. The molecule has 0 atom stereocenters. The molecular formula is C28H20O8. The van der Waals surface area contributed by atoms with Gasteiger partial charge in [-0.15, -0.1) is 0 Å². The van der Waals surface area contributed by atoms with Crippen LogP contribution in [-0.2, 0) is 4.74 Å². The molecule has 8 nitrogen and oxygen atoms in total. The number of rotatable bonds is 7. The van der Waals surface area contributed by atoms with Crippen LogP contribution in [0, 0.1) is 0 Å². The molecule has 36 heavy (non-hydrogen) atoms. The molecule has 4 aromatic carbocycles. The van der Waals surface area contributed by atoms with Crippen molar-refractivity contribution >= 4 is 34.6 Å². The van der Waals surface area contributed by atoms with Crippen LogP contribution in [0.2, 0.25) is 0 Å². The van der Waals surface area contributed by atoms with Crippen LogP contribution in [-0.4, -0.2) is 45.8 Å². The van der Waals surface area contributed by atoms with E-state index in [4.69, 9.17) is 4.74 Å². The molecule has 0 aliphatic rings. The van der Waals surface area contributed by atoms with Crippen molar-refractivity contribution < 1.29 is 39.2 Å². The van der Waals surface area contributed by atoms with Crippen LogP contribution >= 0.6 is 0 Å². The minimum atomic E-state index is -1.48. The minimum absolute atomic E-state index is 0.0118. The molecule has 0 fully saturated rings. The number of carbonyl (C=O) groups excluding carboxylic acids is 1. The Morgan fingerprint density at radius 3 is 1.44 bits per heavy atom. The zero-order valence-electron chi connectivity index (χ0n) is 19.0. The summed E-state index contributed by atoms with van der Waals surface area (Å²) < 4.78 is 5.22. The molecule has 3 N–H and O–H groups in total. The molecule has 8 heteroatoms. The molecule has 0 bridgehead atoms. The Morgan fingerprint density at radius 1 is 0.639 bits per heavy atom. The van der Waals surface area contributed by atoms with E-state index < -0.39 is 40.6 Å². The summed E-state index contributed by atoms with van der Waals surface area (Å²) in [5, 5.41) is 29.8. The highest BCUT2D eigenvalue weighted by molar-refractivity contribution is 6.26. The molecule has 0 radical (unpaired) electrons. The molecule has 4 aromatic rings. The molecule has 0 aliphatic heterocycles. The Balaban J connectivity index is 2.35. The third kappa shape index (κ3) is 4.16. The van der Waals surface area contributed by atoms with E-state index in [0.29, 0.717) is 11.1 Å². The van der Waals surface area contributed by atoms with Crippen LogP contribution in [0.5, 0.6) is 0 Å². The molecule has 0 amide bonds. The zero-order chi connectivity index (χ0) is 26.0. The average Bonchev–Trinajstić information content (AvgIpc) is 2.87. The van der Waals surface area contributed by atoms with Gasteiger partial charge in [-0.2, -0.15) is 0 Å². The maximum atomic E-state index is 13.2. The van der Waals surface area contributed by atoms with Crippen molar-refractivity contribution in [2.45, 2.75) is 6.92 Å². The van der Waals surface area contributed by atoms with Crippen LogP contribution in [0.15, 0.2) is 72.8 Å². The Hall–Kier alpha value is -4.98. The normalized spacial score (nSPS) is 10.7. The number of benzene rings is 4. The smallest absolute Gasteiger partial charge is 0.339 e. The molecule has 180 valence electrons. The third-order valence-corrected chi connectivity index (χ3v) is 5.73. The molecule has 0 aromatic heterocycles. The number of carbonyl (C=O) groups is 4. The van der Waals surface area contributed by atoms with Crippen LogP contribution < -0.4 is 0 Å². The Kier molecular flexibility index (Phi) is 6.52. The van der Waals surface area contributed by atoms with Gasteiger partial charge < -0.3 is 20.1 Å². The highest BCUT2D eigenvalue weighted by Crippen LogP contribution is 2.41. The highest BCUT2D eigenvalue weighted by Gasteiger charge is 2.31. The molecule has 0 heterocycles. The fraction of sp³-hybridized carbons (Fsp3) is 0.0714. The molecule has 0 spiro atoms. The second kappa shape index (κ2) is 9.71. The van der Waals surface area contributed by atoms with Gasteiger partial charge in [0, 0.05) is 10.8 Å². The van der Waals surface area contributed by atoms with E-state index in [1.54, 1.807) is 67.6 Å². The topological polar surface area (TPSA) is 138 Å².